The second kappa shape index (κ2) is 9.13. The number of amides is 1. The molecule has 0 bridgehead atoms. The molecular formula is C21H27NO4. The van der Waals surface area contributed by atoms with Crippen LogP contribution in [0, 0.1) is 5.92 Å². The first kappa shape index (κ1) is 19.6. The lowest BCUT2D eigenvalue weighted by atomic mass is 9.85. The standard InChI is InChI=1S/C21H27NO4/c1-6-14(2)19(15-10-8-7-9-11-15)21(23)22-16-12-17(24-3)20(26-5)18(13-16)25-4/h7-14,19H,6H2,1-5H3,(H,22,23)/t14-,19-/m0/s1. The summed E-state index contributed by atoms with van der Waals surface area (Å²) in [5.74, 6) is 1.41. The molecule has 0 saturated carbocycles. The van der Waals surface area contributed by atoms with Crippen molar-refractivity contribution in [3.63, 3.8) is 0 Å². The fourth-order valence-corrected chi connectivity index (χ4v) is 3.01. The highest BCUT2D eigenvalue weighted by Gasteiger charge is 2.26. The van der Waals surface area contributed by atoms with E-state index in [1.165, 1.54) is 0 Å². The average Bonchev–Trinajstić information content (AvgIpc) is 2.67. The summed E-state index contributed by atoms with van der Waals surface area (Å²) in [4.78, 5) is 13.0. The summed E-state index contributed by atoms with van der Waals surface area (Å²) in [6.07, 6.45) is 0.905. The van der Waals surface area contributed by atoms with Gasteiger partial charge in [0.05, 0.1) is 27.2 Å². The Morgan fingerprint density at radius 1 is 1.00 bits per heavy atom. The van der Waals surface area contributed by atoms with Gasteiger partial charge in [-0.1, -0.05) is 50.6 Å². The molecule has 1 N–H and O–H groups in total. The Bertz CT molecular complexity index is 705. The third kappa shape index (κ3) is 4.28. The second-order valence-electron chi connectivity index (χ2n) is 6.18. The van der Waals surface area contributed by atoms with Crippen LogP contribution < -0.4 is 19.5 Å². The molecule has 5 nitrogen and oxygen atoms in total. The average molecular weight is 357 g/mol. The number of nitrogens with one attached hydrogen (secondary N) is 1. The van der Waals surface area contributed by atoms with Crippen LogP contribution in [-0.2, 0) is 4.79 Å². The maximum atomic E-state index is 13.0. The zero-order chi connectivity index (χ0) is 19.1. The molecule has 2 atom stereocenters. The van der Waals surface area contributed by atoms with Crippen molar-refractivity contribution in [2.24, 2.45) is 5.92 Å². The van der Waals surface area contributed by atoms with Crippen molar-refractivity contribution in [1.29, 1.82) is 0 Å². The monoisotopic (exact) mass is 357 g/mol. The van der Waals surface area contributed by atoms with E-state index in [9.17, 15) is 4.79 Å². The molecule has 0 aliphatic heterocycles. The van der Waals surface area contributed by atoms with Crippen molar-refractivity contribution < 1.29 is 19.0 Å². The van der Waals surface area contributed by atoms with Gasteiger partial charge in [0.25, 0.3) is 0 Å². The fraction of sp³-hybridized carbons (Fsp3) is 0.381. The first-order valence-electron chi connectivity index (χ1n) is 8.71. The molecule has 2 rings (SSSR count). The predicted molar refractivity (Wildman–Crippen MR) is 103 cm³/mol. The van der Waals surface area contributed by atoms with Gasteiger partial charge in [-0.25, -0.2) is 0 Å². The Morgan fingerprint density at radius 3 is 2.04 bits per heavy atom. The van der Waals surface area contributed by atoms with E-state index in [1.54, 1.807) is 33.5 Å². The highest BCUT2D eigenvalue weighted by atomic mass is 16.5. The van der Waals surface area contributed by atoms with Gasteiger partial charge in [0.2, 0.25) is 11.7 Å². The van der Waals surface area contributed by atoms with Gasteiger partial charge >= 0.3 is 0 Å². The summed E-state index contributed by atoms with van der Waals surface area (Å²) >= 11 is 0. The van der Waals surface area contributed by atoms with Gasteiger partial charge in [0.15, 0.2) is 11.5 Å². The quantitative estimate of drug-likeness (QED) is 0.757. The number of carbonyl (C=O) groups excluding carboxylic acids is 1. The Labute approximate surface area is 155 Å². The van der Waals surface area contributed by atoms with Gasteiger partial charge in [-0.05, 0) is 11.5 Å². The highest BCUT2D eigenvalue weighted by molar-refractivity contribution is 5.96. The smallest absolute Gasteiger partial charge is 0.232 e. The van der Waals surface area contributed by atoms with E-state index in [2.05, 4.69) is 19.2 Å². The molecule has 0 aliphatic carbocycles. The third-order valence-electron chi connectivity index (χ3n) is 4.59. The van der Waals surface area contributed by atoms with Crippen LogP contribution in [0.3, 0.4) is 0 Å². The topological polar surface area (TPSA) is 56.8 Å². The number of hydrogen-bond acceptors (Lipinski definition) is 4. The first-order chi connectivity index (χ1) is 12.5. The molecule has 0 saturated heterocycles. The summed E-state index contributed by atoms with van der Waals surface area (Å²) in [5.41, 5.74) is 1.61. The van der Waals surface area contributed by atoms with Crippen LogP contribution in [0.25, 0.3) is 0 Å². The number of hydrogen-bond donors (Lipinski definition) is 1. The summed E-state index contributed by atoms with van der Waals surface area (Å²) in [5, 5.41) is 3.00. The van der Waals surface area contributed by atoms with Crippen LogP contribution in [-0.4, -0.2) is 27.2 Å². The van der Waals surface area contributed by atoms with Crippen LogP contribution in [0.2, 0.25) is 0 Å². The molecule has 0 aliphatic rings. The Morgan fingerprint density at radius 2 is 1.58 bits per heavy atom. The summed E-state index contributed by atoms with van der Waals surface area (Å²) in [6, 6.07) is 13.3. The minimum absolute atomic E-state index is 0.0557. The largest absolute Gasteiger partial charge is 0.493 e. The lowest BCUT2D eigenvalue weighted by molar-refractivity contribution is -0.118. The second-order valence-corrected chi connectivity index (χ2v) is 6.18. The van der Waals surface area contributed by atoms with Crippen molar-refractivity contribution in [3.8, 4) is 17.2 Å². The van der Waals surface area contributed by atoms with Gasteiger partial charge < -0.3 is 19.5 Å². The number of rotatable bonds is 8. The molecular weight excluding hydrogens is 330 g/mol. The van der Waals surface area contributed by atoms with E-state index in [1.807, 2.05) is 30.3 Å². The SMILES string of the molecule is CC[C@H](C)[C@H](C(=O)Nc1cc(OC)c(OC)c(OC)c1)c1ccccc1. The summed E-state index contributed by atoms with van der Waals surface area (Å²) in [7, 11) is 4.65. The molecule has 0 spiro atoms. The molecule has 2 aromatic rings. The molecule has 0 aromatic heterocycles. The summed E-state index contributed by atoms with van der Waals surface area (Å²) in [6.45, 7) is 4.18. The first-order valence-corrected chi connectivity index (χ1v) is 8.71. The van der Waals surface area contributed by atoms with Crippen molar-refractivity contribution in [3.05, 3.63) is 48.0 Å². The number of carbonyl (C=O) groups is 1. The Balaban J connectivity index is 2.34. The molecule has 140 valence electrons. The minimum Gasteiger partial charge on any atom is -0.493 e. The van der Waals surface area contributed by atoms with E-state index in [0.717, 1.165) is 12.0 Å². The number of benzene rings is 2. The Kier molecular flexibility index (Phi) is 6.89. The molecule has 1 amide bonds. The van der Waals surface area contributed by atoms with Gasteiger partial charge in [-0.2, -0.15) is 0 Å². The van der Waals surface area contributed by atoms with E-state index in [4.69, 9.17) is 14.2 Å². The number of methoxy groups -OCH3 is 3. The third-order valence-corrected chi connectivity index (χ3v) is 4.59. The van der Waals surface area contributed by atoms with Crippen molar-refractivity contribution in [1.82, 2.24) is 0 Å². The maximum absolute atomic E-state index is 13.0. The number of ether oxygens (including phenoxy) is 3. The van der Waals surface area contributed by atoms with Crippen molar-refractivity contribution >= 4 is 11.6 Å². The lowest BCUT2D eigenvalue weighted by Gasteiger charge is -2.23. The van der Waals surface area contributed by atoms with Crippen LogP contribution in [0.5, 0.6) is 17.2 Å². The zero-order valence-electron chi connectivity index (χ0n) is 16.0. The molecule has 5 heteroatoms. The lowest BCUT2D eigenvalue weighted by Crippen LogP contribution is -2.26. The van der Waals surface area contributed by atoms with Crippen LogP contribution in [0.1, 0.15) is 31.7 Å². The van der Waals surface area contributed by atoms with Crippen molar-refractivity contribution in [2.45, 2.75) is 26.2 Å². The number of anilines is 1. The fourth-order valence-electron chi connectivity index (χ4n) is 3.01. The van der Waals surface area contributed by atoms with Gasteiger partial charge in [0.1, 0.15) is 0 Å². The van der Waals surface area contributed by atoms with E-state index in [0.29, 0.717) is 22.9 Å². The van der Waals surface area contributed by atoms with Crippen LogP contribution >= 0.6 is 0 Å². The summed E-state index contributed by atoms with van der Waals surface area (Å²) < 4.78 is 16.0. The zero-order valence-corrected chi connectivity index (χ0v) is 16.0. The van der Waals surface area contributed by atoms with Gasteiger partial charge in [0, 0.05) is 17.8 Å². The molecule has 2 aromatic carbocycles. The predicted octanol–water partition coefficient (Wildman–Crippen LogP) is 4.48. The van der Waals surface area contributed by atoms with Gasteiger partial charge in [-0.3, -0.25) is 4.79 Å². The van der Waals surface area contributed by atoms with Crippen LogP contribution in [0.4, 0.5) is 5.69 Å². The molecule has 0 heterocycles. The van der Waals surface area contributed by atoms with Crippen LogP contribution in [0.15, 0.2) is 42.5 Å². The Hall–Kier alpha value is -2.69. The minimum atomic E-state index is -0.236. The molecule has 26 heavy (non-hydrogen) atoms. The van der Waals surface area contributed by atoms with Gasteiger partial charge in [-0.15, -0.1) is 0 Å². The normalized spacial score (nSPS) is 12.8. The molecule has 0 unspecified atom stereocenters. The molecule has 0 fully saturated rings. The molecule has 0 radical (unpaired) electrons. The van der Waals surface area contributed by atoms with E-state index < -0.39 is 0 Å². The van der Waals surface area contributed by atoms with Crippen molar-refractivity contribution in [2.75, 3.05) is 26.6 Å². The highest BCUT2D eigenvalue weighted by Crippen LogP contribution is 2.40. The maximum Gasteiger partial charge on any atom is 0.232 e. The van der Waals surface area contributed by atoms with E-state index in [-0.39, 0.29) is 17.7 Å². The van der Waals surface area contributed by atoms with E-state index >= 15 is 0 Å².